The second-order valence-electron chi connectivity index (χ2n) is 5.54. The molecule has 2 fully saturated rings. The molecular weight excluding hydrogens is 210 g/mol. The van der Waals surface area contributed by atoms with Gasteiger partial charge in [0.1, 0.15) is 0 Å². The highest BCUT2D eigenvalue weighted by atomic mass is 15.1. The van der Waals surface area contributed by atoms with Crippen molar-refractivity contribution in [2.75, 3.05) is 19.6 Å². The standard InChI is InChI=1S/C14H23N3/c1-2-8-16(7-1)9-3-4-10-17-12-15-11-14(17)13-5-6-13/h11-13H,1-10H2. The van der Waals surface area contributed by atoms with Crippen molar-refractivity contribution in [2.45, 2.75) is 51.0 Å². The Hall–Kier alpha value is -0.830. The molecule has 1 aromatic rings. The molecule has 0 bridgehead atoms. The highest BCUT2D eigenvalue weighted by molar-refractivity contribution is 5.12. The lowest BCUT2D eigenvalue weighted by molar-refractivity contribution is 0.326. The van der Waals surface area contributed by atoms with E-state index in [-0.39, 0.29) is 0 Å². The Morgan fingerprint density at radius 3 is 2.65 bits per heavy atom. The fourth-order valence-electron chi connectivity index (χ4n) is 2.86. The molecule has 0 aromatic carbocycles. The molecule has 0 atom stereocenters. The number of hydrogen-bond acceptors (Lipinski definition) is 2. The van der Waals surface area contributed by atoms with Crippen molar-refractivity contribution in [1.82, 2.24) is 14.5 Å². The first-order valence-electron chi connectivity index (χ1n) is 7.16. The maximum absolute atomic E-state index is 4.29. The number of unbranched alkanes of at least 4 members (excludes halogenated alkanes) is 1. The van der Waals surface area contributed by atoms with Crippen LogP contribution in [0, 0.1) is 0 Å². The van der Waals surface area contributed by atoms with Crippen LogP contribution in [0.25, 0.3) is 0 Å². The Labute approximate surface area is 104 Å². The summed E-state index contributed by atoms with van der Waals surface area (Å²) < 4.78 is 2.38. The van der Waals surface area contributed by atoms with Gasteiger partial charge in [-0.25, -0.2) is 4.98 Å². The van der Waals surface area contributed by atoms with Crippen LogP contribution in [-0.4, -0.2) is 34.1 Å². The van der Waals surface area contributed by atoms with Crippen LogP contribution in [-0.2, 0) is 6.54 Å². The van der Waals surface area contributed by atoms with Gasteiger partial charge in [0.05, 0.1) is 6.33 Å². The number of imidazole rings is 1. The van der Waals surface area contributed by atoms with Crippen molar-refractivity contribution in [3.05, 3.63) is 18.2 Å². The van der Waals surface area contributed by atoms with Crippen molar-refractivity contribution >= 4 is 0 Å². The van der Waals surface area contributed by atoms with Crippen molar-refractivity contribution in [3.8, 4) is 0 Å². The minimum atomic E-state index is 0.830. The molecule has 0 spiro atoms. The van der Waals surface area contributed by atoms with Crippen LogP contribution in [0.4, 0.5) is 0 Å². The molecule has 2 heterocycles. The van der Waals surface area contributed by atoms with E-state index in [1.54, 1.807) is 0 Å². The lowest BCUT2D eigenvalue weighted by atomic mass is 10.2. The average molecular weight is 233 g/mol. The van der Waals surface area contributed by atoms with E-state index in [0.29, 0.717) is 0 Å². The van der Waals surface area contributed by atoms with E-state index in [4.69, 9.17) is 0 Å². The van der Waals surface area contributed by atoms with Gasteiger partial charge in [-0.3, -0.25) is 0 Å². The van der Waals surface area contributed by atoms with Crippen LogP contribution in [0.5, 0.6) is 0 Å². The summed E-state index contributed by atoms with van der Waals surface area (Å²) in [6.45, 7) is 5.13. The Kier molecular flexibility index (Phi) is 3.46. The largest absolute Gasteiger partial charge is 0.334 e. The molecule has 3 rings (SSSR count). The fraction of sp³-hybridized carbons (Fsp3) is 0.786. The van der Waals surface area contributed by atoms with Gasteiger partial charge in [0.25, 0.3) is 0 Å². The normalized spacial score (nSPS) is 21.2. The van der Waals surface area contributed by atoms with E-state index in [2.05, 4.69) is 20.6 Å². The van der Waals surface area contributed by atoms with Gasteiger partial charge in [-0.15, -0.1) is 0 Å². The van der Waals surface area contributed by atoms with Crippen LogP contribution in [0.15, 0.2) is 12.5 Å². The summed E-state index contributed by atoms with van der Waals surface area (Å²) in [5.41, 5.74) is 1.48. The van der Waals surface area contributed by atoms with Crippen LogP contribution in [0.1, 0.15) is 50.1 Å². The Bertz CT molecular complexity index is 348. The molecule has 1 saturated carbocycles. The third kappa shape index (κ3) is 2.89. The monoisotopic (exact) mass is 233 g/mol. The van der Waals surface area contributed by atoms with Gasteiger partial charge in [-0.1, -0.05) is 0 Å². The van der Waals surface area contributed by atoms with E-state index in [1.807, 2.05) is 6.33 Å². The van der Waals surface area contributed by atoms with Crippen LogP contribution in [0.3, 0.4) is 0 Å². The third-order valence-electron chi connectivity index (χ3n) is 4.06. The maximum atomic E-state index is 4.29. The van der Waals surface area contributed by atoms with E-state index in [0.717, 1.165) is 5.92 Å². The molecule has 3 heteroatoms. The summed E-state index contributed by atoms with van der Waals surface area (Å²) in [5.74, 6) is 0.830. The summed E-state index contributed by atoms with van der Waals surface area (Å²) in [6, 6.07) is 0. The zero-order chi connectivity index (χ0) is 11.5. The summed E-state index contributed by atoms with van der Waals surface area (Å²) >= 11 is 0. The van der Waals surface area contributed by atoms with Crippen LogP contribution in [0.2, 0.25) is 0 Å². The van der Waals surface area contributed by atoms with Crippen LogP contribution >= 0.6 is 0 Å². The number of aromatic nitrogens is 2. The van der Waals surface area contributed by atoms with Gasteiger partial charge in [-0.2, -0.15) is 0 Å². The van der Waals surface area contributed by atoms with Gasteiger partial charge < -0.3 is 9.47 Å². The van der Waals surface area contributed by atoms with Crippen molar-refractivity contribution in [1.29, 1.82) is 0 Å². The van der Waals surface area contributed by atoms with Gasteiger partial charge in [0, 0.05) is 24.4 Å². The predicted molar refractivity (Wildman–Crippen MR) is 69.1 cm³/mol. The zero-order valence-corrected chi connectivity index (χ0v) is 10.6. The molecule has 1 aromatic heterocycles. The summed E-state index contributed by atoms with van der Waals surface area (Å²) in [7, 11) is 0. The molecule has 0 radical (unpaired) electrons. The topological polar surface area (TPSA) is 21.1 Å². The first kappa shape index (κ1) is 11.3. The number of nitrogens with zero attached hydrogens (tertiary/aromatic N) is 3. The molecule has 17 heavy (non-hydrogen) atoms. The quantitative estimate of drug-likeness (QED) is 0.704. The Balaban J connectivity index is 1.39. The predicted octanol–water partition coefficient (Wildman–Crippen LogP) is 2.64. The van der Waals surface area contributed by atoms with E-state index >= 15 is 0 Å². The van der Waals surface area contributed by atoms with Gasteiger partial charge in [-0.05, 0) is 58.2 Å². The molecule has 1 saturated heterocycles. The third-order valence-corrected chi connectivity index (χ3v) is 4.06. The lowest BCUT2D eigenvalue weighted by Crippen LogP contribution is -2.20. The number of rotatable bonds is 6. The molecule has 0 amide bonds. The molecule has 0 unspecified atom stereocenters. The van der Waals surface area contributed by atoms with E-state index in [9.17, 15) is 0 Å². The van der Waals surface area contributed by atoms with Gasteiger partial charge >= 0.3 is 0 Å². The lowest BCUT2D eigenvalue weighted by Gasteiger charge is -2.14. The Morgan fingerprint density at radius 1 is 1.12 bits per heavy atom. The highest BCUT2D eigenvalue weighted by Crippen LogP contribution is 2.39. The summed E-state index contributed by atoms with van der Waals surface area (Å²) in [4.78, 5) is 6.90. The first-order chi connectivity index (χ1) is 8.43. The highest BCUT2D eigenvalue weighted by Gasteiger charge is 2.26. The molecule has 2 aliphatic rings. The average Bonchev–Trinajstić information content (AvgIpc) is 2.89. The van der Waals surface area contributed by atoms with Crippen molar-refractivity contribution in [2.24, 2.45) is 0 Å². The molecule has 1 aliphatic carbocycles. The molecule has 1 aliphatic heterocycles. The summed E-state index contributed by atoms with van der Waals surface area (Å²) in [6.07, 6.45) is 12.3. The molecule has 94 valence electrons. The number of hydrogen-bond donors (Lipinski definition) is 0. The minimum Gasteiger partial charge on any atom is -0.334 e. The SMILES string of the molecule is c1ncn(CCCCN2CCCC2)c1C1CC1. The smallest absolute Gasteiger partial charge is 0.0948 e. The second kappa shape index (κ2) is 5.21. The molecule has 3 nitrogen and oxygen atoms in total. The Morgan fingerprint density at radius 2 is 1.88 bits per heavy atom. The fourth-order valence-corrected chi connectivity index (χ4v) is 2.86. The van der Waals surface area contributed by atoms with Gasteiger partial charge in [0.15, 0.2) is 0 Å². The first-order valence-corrected chi connectivity index (χ1v) is 7.16. The number of likely N-dealkylation sites (tertiary alicyclic amines) is 1. The van der Waals surface area contributed by atoms with Crippen molar-refractivity contribution in [3.63, 3.8) is 0 Å². The number of aryl methyl sites for hydroxylation is 1. The minimum absolute atomic E-state index is 0.830. The zero-order valence-electron chi connectivity index (χ0n) is 10.6. The molecule has 0 N–H and O–H groups in total. The van der Waals surface area contributed by atoms with Crippen LogP contribution < -0.4 is 0 Å². The van der Waals surface area contributed by atoms with Crippen molar-refractivity contribution < 1.29 is 0 Å². The van der Waals surface area contributed by atoms with E-state index < -0.39 is 0 Å². The summed E-state index contributed by atoms with van der Waals surface area (Å²) in [5, 5.41) is 0. The molecular formula is C14H23N3. The second-order valence-corrected chi connectivity index (χ2v) is 5.54. The van der Waals surface area contributed by atoms with Gasteiger partial charge in [0.2, 0.25) is 0 Å². The maximum Gasteiger partial charge on any atom is 0.0948 e. The van der Waals surface area contributed by atoms with E-state index in [1.165, 1.54) is 70.4 Å².